The van der Waals surface area contributed by atoms with Crippen molar-refractivity contribution >= 4 is 28.7 Å². The second kappa shape index (κ2) is 12.7. The number of methoxy groups -OCH3 is 2. The summed E-state index contributed by atoms with van der Waals surface area (Å²) in [6.45, 7) is 8.05. The van der Waals surface area contributed by atoms with Crippen LogP contribution in [0.3, 0.4) is 0 Å². The molecule has 0 bridgehead atoms. The van der Waals surface area contributed by atoms with Crippen LogP contribution in [0.2, 0.25) is 0 Å². The summed E-state index contributed by atoms with van der Waals surface area (Å²) in [4.78, 5) is 15.0. The molecule has 0 unspecified atom stereocenters. The third-order valence-electron chi connectivity index (χ3n) is 5.96. The fourth-order valence-corrected chi connectivity index (χ4v) is 4.67. The Labute approximate surface area is 206 Å². The van der Waals surface area contributed by atoms with Gasteiger partial charge in [-0.25, -0.2) is 0 Å². The van der Waals surface area contributed by atoms with Crippen LogP contribution >= 0.6 is 11.8 Å². The predicted molar refractivity (Wildman–Crippen MR) is 138 cm³/mol. The molecule has 0 saturated heterocycles. The Morgan fingerprint density at radius 2 is 1.88 bits per heavy atom. The van der Waals surface area contributed by atoms with Crippen molar-refractivity contribution < 1.29 is 23.4 Å². The van der Waals surface area contributed by atoms with Gasteiger partial charge in [0.2, 0.25) is 0 Å². The molecule has 0 amide bonds. The predicted octanol–water partition coefficient (Wildman–Crippen LogP) is 6.05. The number of benzene rings is 2. The lowest BCUT2D eigenvalue weighted by Crippen LogP contribution is -2.25. The summed E-state index contributed by atoms with van der Waals surface area (Å²) in [5.74, 6) is 2.07. The monoisotopic (exact) mass is 485 g/mol. The van der Waals surface area contributed by atoms with Crippen LogP contribution in [-0.4, -0.2) is 57.6 Å². The molecule has 34 heavy (non-hydrogen) atoms. The minimum absolute atomic E-state index is 0.209. The van der Waals surface area contributed by atoms with Crippen molar-refractivity contribution in [3.63, 3.8) is 0 Å². The normalized spacial score (nSPS) is 11.2. The highest BCUT2D eigenvalue weighted by molar-refractivity contribution is 7.99. The number of nitrogens with zero attached hydrogens (tertiary/aromatic N) is 1. The molecular formula is C27H35NO5S. The van der Waals surface area contributed by atoms with Gasteiger partial charge >= 0.3 is 5.97 Å². The number of ether oxygens (including phenoxy) is 3. The van der Waals surface area contributed by atoms with Crippen molar-refractivity contribution in [2.45, 2.75) is 38.0 Å². The lowest BCUT2D eigenvalue weighted by molar-refractivity contribution is -0.140. The van der Waals surface area contributed by atoms with E-state index >= 15 is 0 Å². The molecule has 3 aromatic rings. The number of rotatable bonds is 13. The van der Waals surface area contributed by atoms with E-state index in [0.29, 0.717) is 19.4 Å². The summed E-state index contributed by atoms with van der Waals surface area (Å²) in [5.41, 5.74) is 2.79. The molecule has 7 heteroatoms. The zero-order chi connectivity index (χ0) is 24.5. The Bertz CT molecular complexity index is 1090. The van der Waals surface area contributed by atoms with Crippen molar-refractivity contribution in [3.05, 3.63) is 42.0 Å². The van der Waals surface area contributed by atoms with Gasteiger partial charge in [-0.05, 0) is 62.0 Å². The summed E-state index contributed by atoms with van der Waals surface area (Å²) in [6, 6.07) is 11.9. The fraction of sp³-hybridized carbons (Fsp3) is 0.444. The van der Waals surface area contributed by atoms with E-state index in [9.17, 15) is 4.79 Å². The molecule has 0 radical (unpaired) electrons. The largest absolute Gasteiger partial charge is 0.497 e. The smallest absolute Gasteiger partial charge is 0.305 e. The highest BCUT2D eigenvalue weighted by atomic mass is 32.2. The third-order valence-corrected chi connectivity index (χ3v) is 6.77. The molecule has 184 valence electrons. The first kappa shape index (κ1) is 26.0. The van der Waals surface area contributed by atoms with Gasteiger partial charge in [-0.15, -0.1) is 11.8 Å². The maximum atomic E-state index is 11.6. The van der Waals surface area contributed by atoms with Crippen LogP contribution in [-0.2, 0) is 16.0 Å². The molecule has 6 nitrogen and oxygen atoms in total. The molecule has 0 fully saturated rings. The van der Waals surface area contributed by atoms with E-state index in [1.807, 2.05) is 36.6 Å². The van der Waals surface area contributed by atoms with Gasteiger partial charge in [-0.2, -0.15) is 0 Å². The molecule has 1 aromatic heterocycles. The molecule has 0 aliphatic rings. The Morgan fingerprint density at radius 1 is 1.09 bits per heavy atom. The molecule has 1 heterocycles. The van der Waals surface area contributed by atoms with Gasteiger partial charge in [0.05, 0.1) is 31.3 Å². The Kier molecular flexibility index (Phi) is 9.72. The zero-order valence-electron chi connectivity index (χ0n) is 20.8. The minimum atomic E-state index is -0.209. The number of esters is 1. The third kappa shape index (κ3) is 6.27. The molecule has 0 aliphatic heterocycles. The average Bonchev–Trinajstić information content (AvgIpc) is 3.24. The SMILES string of the molecule is CCN(CC)CCCOc1cc(OC)ccc1-c1oc2ccc(CCC(=O)OC)cc2c1SC. The molecule has 0 saturated carbocycles. The topological polar surface area (TPSA) is 61.1 Å². The highest BCUT2D eigenvalue weighted by Gasteiger charge is 2.20. The van der Waals surface area contributed by atoms with E-state index < -0.39 is 0 Å². The van der Waals surface area contributed by atoms with Gasteiger partial charge in [0.25, 0.3) is 0 Å². The standard InChI is InChI=1S/C27H35NO5S/c1-6-28(7-2)15-8-16-32-24-18-20(30-3)11-12-21(24)26-27(34-5)22-17-19(9-13-23(22)33-26)10-14-25(29)31-4/h9,11-13,17-18H,6-8,10,14-16H2,1-5H3. The van der Waals surface area contributed by atoms with Crippen LogP contribution < -0.4 is 9.47 Å². The highest BCUT2D eigenvalue weighted by Crippen LogP contribution is 2.44. The number of aryl methyl sites for hydroxylation is 1. The van der Waals surface area contributed by atoms with Crippen molar-refractivity contribution in [1.29, 1.82) is 0 Å². The number of carbonyl (C=O) groups excluding carboxylic acids is 1. The lowest BCUT2D eigenvalue weighted by Gasteiger charge is -2.18. The summed E-state index contributed by atoms with van der Waals surface area (Å²) in [6.07, 6.45) is 3.96. The Morgan fingerprint density at radius 3 is 2.56 bits per heavy atom. The molecule has 0 aliphatic carbocycles. The van der Waals surface area contributed by atoms with Gasteiger partial charge in [-0.3, -0.25) is 4.79 Å². The summed E-state index contributed by atoms with van der Waals surface area (Å²) in [7, 11) is 3.07. The van der Waals surface area contributed by atoms with Crippen LogP contribution in [0.25, 0.3) is 22.3 Å². The molecule has 0 atom stereocenters. The van der Waals surface area contributed by atoms with Crippen molar-refractivity contribution in [2.24, 2.45) is 0 Å². The Balaban J connectivity index is 1.90. The molecule has 3 rings (SSSR count). The summed E-state index contributed by atoms with van der Waals surface area (Å²) < 4.78 is 22.8. The van der Waals surface area contributed by atoms with Gasteiger partial charge < -0.3 is 23.5 Å². The molecule has 0 spiro atoms. The quantitative estimate of drug-likeness (QED) is 0.166. The van der Waals surface area contributed by atoms with Crippen LogP contribution in [0.15, 0.2) is 45.7 Å². The average molecular weight is 486 g/mol. The van der Waals surface area contributed by atoms with Crippen molar-refractivity contribution in [3.8, 4) is 22.8 Å². The van der Waals surface area contributed by atoms with Crippen LogP contribution in [0, 0.1) is 0 Å². The number of thioether (sulfide) groups is 1. The fourth-order valence-electron chi connectivity index (χ4n) is 3.95. The van der Waals surface area contributed by atoms with Crippen LogP contribution in [0.5, 0.6) is 11.5 Å². The summed E-state index contributed by atoms with van der Waals surface area (Å²) >= 11 is 1.64. The van der Waals surface area contributed by atoms with Gasteiger partial charge in [0.15, 0.2) is 5.76 Å². The van der Waals surface area contributed by atoms with Crippen LogP contribution in [0.4, 0.5) is 0 Å². The lowest BCUT2D eigenvalue weighted by atomic mass is 10.1. The van der Waals surface area contributed by atoms with E-state index in [-0.39, 0.29) is 5.97 Å². The first-order valence-electron chi connectivity index (χ1n) is 11.7. The maximum absolute atomic E-state index is 11.6. The second-order valence-corrected chi connectivity index (χ2v) is 8.78. The van der Waals surface area contributed by atoms with Gasteiger partial charge in [0.1, 0.15) is 17.1 Å². The number of furan rings is 1. The number of hydrogen-bond acceptors (Lipinski definition) is 7. The van der Waals surface area contributed by atoms with Gasteiger partial charge in [0, 0.05) is 24.4 Å². The first-order valence-corrected chi connectivity index (χ1v) is 13.0. The van der Waals surface area contributed by atoms with Gasteiger partial charge in [-0.1, -0.05) is 19.9 Å². The van der Waals surface area contributed by atoms with Crippen LogP contribution in [0.1, 0.15) is 32.3 Å². The number of fused-ring (bicyclic) bond motifs is 1. The second-order valence-electron chi connectivity index (χ2n) is 7.96. The number of carbonyl (C=O) groups is 1. The molecule has 0 N–H and O–H groups in total. The first-order chi connectivity index (χ1) is 16.5. The molecule has 2 aromatic carbocycles. The maximum Gasteiger partial charge on any atom is 0.305 e. The number of hydrogen-bond donors (Lipinski definition) is 0. The van der Waals surface area contributed by atoms with E-state index in [1.54, 1.807) is 18.9 Å². The van der Waals surface area contributed by atoms with E-state index in [2.05, 4.69) is 24.8 Å². The van der Waals surface area contributed by atoms with Crippen molar-refractivity contribution in [1.82, 2.24) is 4.90 Å². The van der Waals surface area contributed by atoms with E-state index in [4.69, 9.17) is 18.6 Å². The van der Waals surface area contributed by atoms with E-state index in [1.165, 1.54) is 7.11 Å². The molecular weight excluding hydrogens is 450 g/mol. The summed E-state index contributed by atoms with van der Waals surface area (Å²) in [5, 5.41) is 1.04. The zero-order valence-corrected chi connectivity index (χ0v) is 21.6. The van der Waals surface area contributed by atoms with E-state index in [0.717, 1.165) is 70.3 Å². The Hall–Kier alpha value is -2.64. The minimum Gasteiger partial charge on any atom is -0.497 e. The van der Waals surface area contributed by atoms with Crippen molar-refractivity contribution in [2.75, 3.05) is 46.7 Å².